The first-order valence-electron chi connectivity index (χ1n) is 4.76. The molecule has 1 fully saturated rings. The van der Waals surface area contributed by atoms with E-state index in [4.69, 9.17) is 0 Å². The number of aromatic nitrogens is 1. The second-order valence-electron chi connectivity index (χ2n) is 3.70. The molecule has 0 bridgehead atoms. The molecule has 1 heterocycles. The fraction of sp³-hybridized carbons (Fsp3) is 0.667. The number of alkyl halides is 3. The van der Waals surface area contributed by atoms with Crippen LogP contribution in [0.1, 0.15) is 25.5 Å². The minimum Gasteiger partial charge on any atom is -0.347 e. The average molecular weight is 236 g/mol. The molecule has 2 nitrogen and oxygen atoms in total. The maximum Gasteiger partial charge on any atom is 0.411 e. The van der Waals surface area contributed by atoms with Gasteiger partial charge in [-0.25, -0.2) is 4.98 Å². The minimum atomic E-state index is -4.18. The largest absolute Gasteiger partial charge is 0.411 e. The highest BCUT2D eigenvalue weighted by Crippen LogP contribution is 2.51. The molecule has 1 aliphatic carbocycles. The Kier molecular flexibility index (Phi) is 2.41. The molecule has 1 aromatic rings. The number of hydrogen-bond donors (Lipinski definition) is 1. The molecule has 0 saturated heterocycles. The van der Waals surface area contributed by atoms with Gasteiger partial charge in [-0.2, -0.15) is 13.2 Å². The summed E-state index contributed by atoms with van der Waals surface area (Å²) in [7, 11) is 0. The van der Waals surface area contributed by atoms with Gasteiger partial charge in [0, 0.05) is 5.38 Å². The van der Waals surface area contributed by atoms with Gasteiger partial charge in [0.2, 0.25) is 0 Å². The van der Waals surface area contributed by atoms with Crippen LogP contribution in [0, 0.1) is 0 Å². The van der Waals surface area contributed by atoms with Gasteiger partial charge in [-0.1, -0.05) is 6.92 Å². The zero-order valence-corrected chi connectivity index (χ0v) is 9.00. The van der Waals surface area contributed by atoms with Crippen molar-refractivity contribution in [2.45, 2.75) is 37.9 Å². The van der Waals surface area contributed by atoms with Gasteiger partial charge in [0.15, 0.2) is 5.13 Å². The van der Waals surface area contributed by atoms with Crippen molar-refractivity contribution in [3.05, 3.63) is 11.1 Å². The number of nitrogens with zero attached hydrogens (tertiary/aromatic N) is 1. The summed E-state index contributed by atoms with van der Waals surface area (Å²) in [4.78, 5) is 4.07. The van der Waals surface area contributed by atoms with E-state index in [1.807, 2.05) is 6.92 Å². The van der Waals surface area contributed by atoms with Crippen molar-refractivity contribution in [1.82, 2.24) is 4.98 Å². The maximum absolute atomic E-state index is 12.6. The lowest BCUT2D eigenvalue weighted by atomic mass is 10.3. The first-order chi connectivity index (χ1) is 6.97. The number of nitrogens with one attached hydrogen (secondary N) is 1. The summed E-state index contributed by atoms with van der Waals surface area (Å²) in [5.74, 6) is 0. The summed E-state index contributed by atoms with van der Waals surface area (Å²) in [5, 5.41) is 4.67. The zero-order valence-electron chi connectivity index (χ0n) is 8.19. The summed E-state index contributed by atoms with van der Waals surface area (Å²) in [5.41, 5.74) is -0.865. The van der Waals surface area contributed by atoms with Crippen LogP contribution in [0.15, 0.2) is 5.38 Å². The van der Waals surface area contributed by atoms with Crippen LogP contribution in [0.25, 0.3) is 0 Å². The van der Waals surface area contributed by atoms with Crippen molar-refractivity contribution in [3.63, 3.8) is 0 Å². The van der Waals surface area contributed by atoms with Crippen molar-refractivity contribution in [1.29, 1.82) is 0 Å². The molecule has 15 heavy (non-hydrogen) atoms. The van der Waals surface area contributed by atoms with E-state index in [1.54, 1.807) is 5.38 Å². The number of rotatable bonds is 3. The van der Waals surface area contributed by atoms with Crippen LogP contribution >= 0.6 is 11.3 Å². The highest BCUT2D eigenvalue weighted by atomic mass is 32.1. The molecular formula is C9H11F3N2S. The normalized spacial score (nSPS) is 18.9. The summed E-state index contributed by atoms with van der Waals surface area (Å²) in [6.07, 6.45) is -3.13. The molecule has 0 spiro atoms. The lowest BCUT2D eigenvalue weighted by Crippen LogP contribution is -2.38. The summed E-state index contributed by atoms with van der Waals surface area (Å²) >= 11 is 1.23. The molecular weight excluding hydrogens is 225 g/mol. The zero-order chi connectivity index (χ0) is 11.1. The molecule has 0 amide bonds. The predicted octanol–water partition coefficient (Wildman–Crippen LogP) is 3.21. The van der Waals surface area contributed by atoms with E-state index >= 15 is 0 Å². The Balaban J connectivity index is 2.09. The molecule has 0 atom stereocenters. The predicted molar refractivity (Wildman–Crippen MR) is 53.1 cm³/mol. The Labute approximate surface area is 89.5 Å². The second kappa shape index (κ2) is 3.37. The molecule has 1 aromatic heterocycles. The minimum absolute atomic E-state index is 0.150. The molecule has 0 unspecified atom stereocenters. The third-order valence-electron chi connectivity index (χ3n) is 2.55. The fourth-order valence-corrected chi connectivity index (χ4v) is 2.23. The van der Waals surface area contributed by atoms with Gasteiger partial charge < -0.3 is 5.32 Å². The van der Waals surface area contributed by atoms with Gasteiger partial charge in [0.05, 0.1) is 5.69 Å². The van der Waals surface area contributed by atoms with E-state index in [0.29, 0.717) is 5.13 Å². The number of halogens is 3. The quantitative estimate of drug-likeness (QED) is 0.871. The van der Waals surface area contributed by atoms with E-state index < -0.39 is 11.7 Å². The summed E-state index contributed by atoms with van der Waals surface area (Å²) in [6, 6.07) is 0. The SMILES string of the molecule is CCc1csc(NC2(C(F)(F)F)CC2)n1. The van der Waals surface area contributed by atoms with Gasteiger partial charge in [0.1, 0.15) is 5.54 Å². The third-order valence-corrected chi connectivity index (χ3v) is 3.36. The van der Waals surface area contributed by atoms with Gasteiger partial charge in [-0.3, -0.25) is 0 Å². The van der Waals surface area contributed by atoms with Crippen LogP contribution in [0.5, 0.6) is 0 Å². The summed E-state index contributed by atoms with van der Waals surface area (Å²) in [6.45, 7) is 1.93. The highest BCUT2D eigenvalue weighted by Gasteiger charge is 2.63. The monoisotopic (exact) mass is 236 g/mol. The van der Waals surface area contributed by atoms with Crippen LogP contribution < -0.4 is 5.32 Å². The molecule has 0 radical (unpaired) electrons. The Hall–Kier alpha value is -0.780. The van der Waals surface area contributed by atoms with E-state index in [1.165, 1.54) is 11.3 Å². The third kappa shape index (κ3) is 1.95. The number of aryl methyl sites for hydroxylation is 1. The maximum atomic E-state index is 12.6. The Morgan fingerprint density at radius 3 is 2.60 bits per heavy atom. The second-order valence-corrected chi connectivity index (χ2v) is 4.56. The van der Waals surface area contributed by atoms with Crippen LogP contribution in [-0.4, -0.2) is 16.7 Å². The highest BCUT2D eigenvalue weighted by molar-refractivity contribution is 7.13. The van der Waals surface area contributed by atoms with E-state index in [0.717, 1.165) is 12.1 Å². The molecule has 84 valence electrons. The van der Waals surface area contributed by atoms with Gasteiger partial charge >= 0.3 is 6.18 Å². The van der Waals surface area contributed by atoms with E-state index in [9.17, 15) is 13.2 Å². The van der Waals surface area contributed by atoms with Crippen LogP contribution in [0.3, 0.4) is 0 Å². The standard InChI is InChI=1S/C9H11F3N2S/c1-2-6-5-15-7(13-6)14-8(3-4-8)9(10,11)12/h5H,2-4H2,1H3,(H,13,14). The average Bonchev–Trinajstić information content (AvgIpc) is 2.78. The Bertz CT molecular complexity index is 354. The van der Waals surface area contributed by atoms with Crippen molar-refractivity contribution in [3.8, 4) is 0 Å². The Morgan fingerprint density at radius 1 is 1.53 bits per heavy atom. The number of thiazole rings is 1. The van der Waals surface area contributed by atoms with Gasteiger partial charge in [-0.05, 0) is 19.3 Å². The lowest BCUT2D eigenvalue weighted by molar-refractivity contribution is -0.151. The summed E-state index contributed by atoms with van der Waals surface area (Å²) < 4.78 is 37.8. The van der Waals surface area contributed by atoms with Crippen molar-refractivity contribution >= 4 is 16.5 Å². The van der Waals surface area contributed by atoms with Crippen LogP contribution in [-0.2, 0) is 6.42 Å². The molecule has 1 saturated carbocycles. The van der Waals surface area contributed by atoms with Crippen molar-refractivity contribution in [2.75, 3.05) is 5.32 Å². The van der Waals surface area contributed by atoms with Gasteiger partial charge in [0.25, 0.3) is 0 Å². The van der Waals surface area contributed by atoms with Crippen LogP contribution in [0.2, 0.25) is 0 Å². The molecule has 0 aliphatic heterocycles. The van der Waals surface area contributed by atoms with Crippen molar-refractivity contribution < 1.29 is 13.2 Å². The molecule has 1 aliphatic rings. The lowest BCUT2D eigenvalue weighted by Gasteiger charge is -2.19. The first-order valence-corrected chi connectivity index (χ1v) is 5.64. The topological polar surface area (TPSA) is 24.9 Å². The number of hydrogen-bond acceptors (Lipinski definition) is 3. The molecule has 0 aromatic carbocycles. The first kappa shape index (κ1) is 10.7. The van der Waals surface area contributed by atoms with Gasteiger partial charge in [-0.15, -0.1) is 11.3 Å². The van der Waals surface area contributed by atoms with Crippen LogP contribution in [0.4, 0.5) is 18.3 Å². The number of anilines is 1. The Morgan fingerprint density at radius 2 is 2.20 bits per heavy atom. The molecule has 2 rings (SSSR count). The molecule has 6 heteroatoms. The fourth-order valence-electron chi connectivity index (χ4n) is 1.34. The van der Waals surface area contributed by atoms with E-state index in [-0.39, 0.29) is 12.8 Å². The smallest absolute Gasteiger partial charge is 0.347 e. The van der Waals surface area contributed by atoms with Crippen molar-refractivity contribution in [2.24, 2.45) is 0 Å². The molecule has 1 N–H and O–H groups in total. The van der Waals surface area contributed by atoms with E-state index in [2.05, 4.69) is 10.3 Å².